The Balaban J connectivity index is 0.00000243. The molecule has 1 atom stereocenters. The zero-order valence-electron chi connectivity index (χ0n) is 15.3. The van der Waals surface area contributed by atoms with Gasteiger partial charge >= 0.3 is 0 Å². The van der Waals surface area contributed by atoms with Crippen molar-refractivity contribution in [1.29, 1.82) is 0 Å². The Morgan fingerprint density at radius 1 is 1.12 bits per heavy atom. The van der Waals surface area contributed by atoms with E-state index in [4.69, 9.17) is 0 Å². The minimum atomic E-state index is 0. The standard InChI is InChI=1S/C21H27N3O.ClH/c1-2-17-8-10-19(11-9-17)20-15-22-12-13-24(20)16-21(25)23-14-18-6-4-3-5-7-18;/h3-11,20,22H,2,12-16H2,1H3,(H,23,25);1H. The third-order valence-electron chi connectivity index (χ3n) is 4.81. The van der Waals surface area contributed by atoms with E-state index in [1.165, 1.54) is 11.1 Å². The minimum Gasteiger partial charge on any atom is -0.351 e. The van der Waals surface area contributed by atoms with Crippen LogP contribution in [0.1, 0.15) is 29.7 Å². The van der Waals surface area contributed by atoms with E-state index < -0.39 is 0 Å². The monoisotopic (exact) mass is 373 g/mol. The zero-order valence-corrected chi connectivity index (χ0v) is 16.1. The summed E-state index contributed by atoms with van der Waals surface area (Å²) >= 11 is 0. The van der Waals surface area contributed by atoms with Crippen LogP contribution in [0.15, 0.2) is 54.6 Å². The lowest BCUT2D eigenvalue weighted by atomic mass is 10.0. The van der Waals surface area contributed by atoms with Crippen LogP contribution in [0.4, 0.5) is 0 Å². The Bertz CT molecular complexity index is 675. The molecule has 4 nitrogen and oxygen atoms in total. The van der Waals surface area contributed by atoms with E-state index in [1.807, 2.05) is 30.3 Å². The van der Waals surface area contributed by atoms with Crippen LogP contribution in [0.5, 0.6) is 0 Å². The maximum Gasteiger partial charge on any atom is 0.234 e. The first kappa shape index (κ1) is 20.4. The SMILES string of the molecule is CCc1ccc(C2CNCCN2CC(=O)NCc2ccccc2)cc1.Cl. The maximum atomic E-state index is 12.4. The van der Waals surface area contributed by atoms with E-state index in [-0.39, 0.29) is 24.4 Å². The van der Waals surface area contributed by atoms with Crippen LogP contribution in [-0.4, -0.2) is 37.0 Å². The first-order valence-corrected chi connectivity index (χ1v) is 9.10. The van der Waals surface area contributed by atoms with Gasteiger partial charge in [-0.1, -0.05) is 61.5 Å². The molecule has 1 aliphatic heterocycles. The molecule has 2 aromatic rings. The van der Waals surface area contributed by atoms with Crippen LogP contribution in [0.2, 0.25) is 0 Å². The lowest BCUT2D eigenvalue weighted by molar-refractivity contribution is -0.123. The highest BCUT2D eigenvalue weighted by molar-refractivity contribution is 5.85. The maximum absolute atomic E-state index is 12.4. The number of halogens is 1. The number of aryl methyl sites for hydroxylation is 1. The molecular formula is C21H28ClN3O. The summed E-state index contributed by atoms with van der Waals surface area (Å²) in [5, 5.41) is 6.49. The summed E-state index contributed by atoms with van der Waals surface area (Å²) in [7, 11) is 0. The lowest BCUT2D eigenvalue weighted by Gasteiger charge is -2.36. The highest BCUT2D eigenvalue weighted by Gasteiger charge is 2.25. The lowest BCUT2D eigenvalue weighted by Crippen LogP contribution is -2.49. The fraction of sp³-hybridized carbons (Fsp3) is 0.381. The van der Waals surface area contributed by atoms with E-state index in [2.05, 4.69) is 46.7 Å². The van der Waals surface area contributed by atoms with Crippen LogP contribution < -0.4 is 10.6 Å². The van der Waals surface area contributed by atoms with E-state index >= 15 is 0 Å². The topological polar surface area (TPSA) is 44.4 Å². The van der Waals surface area contributed by atoms with Gasteiger partial charge in [-0.25, -0.2) is 0 Å². The molecule has 26 heavy (non-hydrogen) atoms. The number of hydrogen-bond donors (Lipinski definition) is 2. The molecule has 0 saturated carbocycles. The molecule has 3 rings (SSSR count). The van der Waals surface area contributed by atoms with Crippen molar-refractivity contribution in [3.63, 3.8) is 0 Å². The van der Waals surface area contributed by atoms with Crippen LogP contribution in [0.3, 0.4) is 0 Å². The predicted molar refractivity (Wildman–Crippen MR) is 109 cm³/mol. The van der Waals surface area contributed by atoms with Gasteiger partial charge in [0, 0.05) is 32.2 Å². The third-order valence-corrected chi connectivity index (χ3v) is 4.81. The molecule has 1 amide bonds. The van der Waals surface area contributed by atoms with Crippen LogP contribution in [0.25, 0.3) is 0 Å². The molecule has 2 N–H and O–H groups in total. The quantitative estimate of drug-likeness (QED) is 0.818. The summed E-state index contributed by atoms with van der Waals surface area (Å²) in [6.07, 6.45) is 1.05. The van der Waals surface area contributed by atoms with Gasteiger partial charge in [0.15, 0.2) is 0 Å². The summed E-state index contributed by atoms with van der Waals surface area (Å²) in [5.41, 5.74) is 3.75. The average molecular weight is 374 g/mol. The predicted octanol–water partition coefficient (Wildman–Crippen LogP) is 2.93. The largest absolute Gasteiger partial charge is 0.351 e. The van der Waals surface area contributed by atoms with Crippen LogP contribution >= 0.6 is 12.4 Å². The summed E-state index contributed by atoms with van der Waals surface area (Å²) in [4.78, 5) is 14.7. The number of carbonyl (C=O) groups is 1. The molecular weight excluding hydrogens is 346 g/mol. The Kier molecular flexibility index (Phi) is 8.10. The number of hydrogen-bond acceptors (Lipinski definition) is 3. The van der Waals surface area contributed by atoms with Crippen molar-refractivity contribution in [2.24, 2.45) is 0 Å². The first-order valence-electron chi connectivity index (χ1n) is 9.10. The summed E-state index contributed by atoms with van der Waals surface area (Å²) in [5.74, 6) is 0.0842. The van der Waals surface area contributed by atoms with E-state index in [9.17, 15) is 4.79 Å². The second-order valence-corrected chi connectivity index (χ2v) is 6.55. The highest BCUT2D eigenvalue weighted by atomic mass is 35.5. The molecule has 0 bridgehead atoms. The number of nitrogens with one attached hydrogen (secondary N) is 2. The number of carbonyl (C=O) groups excluding carboxylic acids is 1. The highest BCUT2D eigenvalue weighted by Crippen LogP contribution is 2.22. The van der Waals surface area contributed by atoms with Gasteiger partial charge in [-0.2, -0.15) is 0 Å². The number of piperazine rings is 1. The van der Waals surface area contributed by atoms with Crippen molar-refractivity contribution < 1.29 is 4.79 Å². The number of benzene rings is 2. The van der Waals surface area contributed by atoms with Gasteiger partial charge in [0.25, 0.3) is 0 Å². The summed E-state index contributed by atoms with van der Waals surface area (Å²) < 4.78 is 0. The number of rotatable bonds is 6. The van der Waals surface area contributed by atoms with E-state index in [0.29, 0.717) is 13.1 Å². The van der Waals surface area contributed by atoms with Gasteiger partial charge in [-0.15, -0.1) is 12.4 Å². The third kappa shape index (κ3) is 5.56. The fourth-order valence-corrected chi connectivity index (χ4v) is 3.28. The van der Waals surface area contributed by atoms with Crippen molar-refractivity contribution in [3.05, 3.63) is 71.3 Å². The molecule has 0 aliphatic carbocycles. The molecule has 0 aromatic heterocycles. The summed E-state index contributed by atoms with van der Waals surface area (Å²) in [6, 6.07) is 19.1. The van der Waals surface area contributed by atoms with Gasteiger partial charge in [-0.05, 0) is 23.1 Å². The molecule has 5 heteroatoms. The van der Waals surface area contributed by atoms with Crippen molar-refractivity contribution in [2.75, 3.05) is 26.2 Å². The van der Waals surface area contributed by atoms with Crippen molar-refractivity contribution in [3.8, 4) is 0 Å². The fourth-order valence-electron chi connectivity index (χ4n) is 3.28. The number of nitrogens with zero attached hydrogens (tertiary/aromatic N) is 1. The van der Waals surface area contributed by atoms with Gasteiger partial charge in [-0.3, -0.25) is 9.69 Å². The molecule has 1 unspecified atom stereocenters. The van der Waals surface area contributed by atoms with Gasteiger partial charge in [0.1, 0.15) is 0 Å². The molecule has 1 heterocycles. The second kappa shape index (κ2) is 10.3. The Morgan fingerprint density at radius 3 is 2.54 bits per heavy atom. The molecule has 1 aliphatic rings. The van der Waals surface area contributed by atoms with Crippen LogP contribution in [0, 0.1) is 0 Å². The Morgan fingerprint density at radius 2 is 1.85 bits per heavy atom. The average Bonchev–Trinajstić information content (AvgIpc) is 2.68. The van der Waals surface area contributed by atoms with Crippen LogP contribution in [-0.2, 0) is 17.8 Å². The van der Waals surface area contributed by atoms with Crippen molar-refractivity contribution >= 4 is 18.3 Å². The van der Waals surface area contributed by atoms with Gasteiger partial charge in [0.05, 0.1) is 6.54 Å². The second-order valence-electron chi connectivity index (χ2n) is 6.55. The molecule has 1 fully saturated rings. The molecule has 0 radical (unpaired) electrons. The van der Waals surface area contributed by atoms with Gasteiger partial charge < -0.3 is 10.6 Å². The molecule has 140 valence electrons. The first-order chi connectivity index (χ1) is 12.3. The number of amides is 1. The molecule has 2 aromatic carbocycles. The normalized spacial score (nSPS) is 17.3. The minimum absolute atomic E-state index is 0. The zero-order chi connectivity index (χ0) is 17.5. The van der Waals surface area contributed by atoms with Crippen molar-refractivity contribution in [2.45, 2.75) is 25.9 Å². The van der Waals surface area contributed by atoms with E-state index in [0.717, 1.165) is 31.6 Å². The van der Waals surface area contributed by atoms with Gasteiger partial charge in [0.2, 0.25) is 5.91 Å². The molecule has 0 spiro atoms. The van der Waals surface area contributed by atoms with E-state index in [1.54, 1.807) is 0 Å². The van der Waals surface area contributed by atoms with Crippen molar-refractivity contribution in [1.82, 2.24) is 15.5 Å². The molecule has 1 saturated heterocycles. The summed E-state index contributed by atoms with van der Waals surface area (Å²) in [6.45, 7) is 5.89. The Labute approximate surface area is 162 Å². The Hall–Kier alpha value is -1.88. The smallest absolute Gasteiger partial charge is 0.234 e.